The van der Waals surface area contributed by atoms with Gasteiger partial charge in [0.15, 0.2) is 0 Å². The number of benzene rings is 2. The van der Waals surface area contributed by atoms with E-state index in [4.69, 9.17) is 0 Å². The molecule has 0 radical (unpaired) electrons. The summed E-state index contributed by atoms with van der Waals surface area (Å²) in [4.78, 5) is 17.2. The molecule has 1 atom stereocenters. The third-order valence-corrected chi connectivity index (χ3v) is 8.37. The smallest absolute Gasteiger partial charge is 0.227 e. The molecule has 1 aromatic heterocycles. The second-order valence-corrected chi connectivity index (χ2v) is 12.6. The van der Waals surface area contributed by atoms with Crippen molar-refractivity contribution in [1.29, 1.82) is 0 Å². The highest BCUT2D eigenvalue weighted by Gasteiger charge is 2.30. The van der Waals surface area contributed by atoms with Crippen molar-refractivity contribution in [3.8, 4) is 0 Å². The number of hydrogen-bond acceptors (Lipinski definition) is 3. The van der Waals surface area contributed by atoms with E-state index in [1.54, 1.807) is 31.7 Å². The van der Waals surface area contributed by atoms with Crippen molar-refractivity contribution < 1.29 is 13.8 Å². The molecular formula is C26H30FN2O2P. The molecule has 168 valence electrons. The van der Waals surface area contributed by atoms with E-state index in [1.807, 2.05) is 37.3 Å². The van der Waals surface area contributed by atoms with Crippen molar-refractivity contribution in [2.75, 3.05) is 18.6 Å². The Balaban J connectivity index is 1.38. The monoisotopic (exact) mass is 452 g/mol. The summed E-state index contributed by atoms with van der Waals surface area (Å²) in [6, 6.07) is 14.1. The number of nitrogens with zero attached hydrogens (tertiary/aromatic N) is 1. The Labute approximate surface area is 189 Å². The third-order valence-electron chi connectivity index (χ3n) is 6.83. The van der Waals surface area contributed by atoms with Gasteiger partial charge in [0.1, 0.15) is 13.0 Å². The highest BCUT2D eigenvalue weighted by atomic mass is 31.2. The lowest BCUT2D eigenvalue weighted by atomic mass is 9.73. The zero-order chi connectivity index (χ0) is 22.9. The number of fused-ring (bicyclic) bond motifs is 1. The molecule has 1 N–H and O–H groups in total. The lowest BCUT2D eigenvalue weighted by Gasteiger charge is -2.32. The molecule has 4 rings (SSSR count). The number of carbonyl (C=O) groups is 1. The van der Waals surface area contributed by atoms with E-state index in [-0.39, 0.29) is 17.6 Å². The van der Waals surface area contributed by atoms with Crippen LogP contribution in [0.1, 0.15) is 44.1 Å². The largest absolute Gasteiger partial charge is 0.326 e. The van der Waals surface area contributed by atoms with Gasteiger partial charge in [-0.2, -0.15) is 0 Å². The molecule has 3 aromatic rings. The first-order valence-corrected chi connectivity index (χ1v) is 13.8. The predicted molar refractivity (Wildman–Crippen MR) is 130 cm³/mol. The SMILES string of the molecule is C[C@H](C(=O)Nc1ccc(P(C)(C)=O)cc1)C1CCC(c2ccnc3ccc(F)cc23)CC1. The van der Waals surface area contributed by atoms with Crippen molar-refractivity contribution in [3.63, 3.8) is 0 Å². The molecule has 1 fully saturated rings. The van der Waals surface area contributed by atoms with Crippen LogP contribution in [-0.4, -0.2) is 24.2 Å². The van der Waals surface area contributed by atoms with Gasteiger partial charge in [-0.1, -0.05) is 6.92 Å². The average Bonchev–Trinajstić information content (AvgIpc) is 2.78. The van der Waals surface area contributed by atoms with Crippen LogP contribution in [0.3, 0.4) is 0 Å². The van der Waals surface area contributed by atoms with E-state index in [9.17, 15) is 13.8 Å². The van der Waals surface area contributed by atoms with Crippen LogP contribution in [0.4, 0.5) is 10.1 Å². The van der Waals surface area contributed by atoms with Crippen molar-refractivity contribution in [2.24, 2.45) is 11.8 Å². The minimum atomic E-state index is -2.30. The Morgan fingerprint density at radius 1 is 1.06 bits per heavy atom. The molecule has 0 spiro atoms. The Kier molecular flexibility index (Phi) is 6.48. The van der Waals surface area contributed by atoms with E-state index in [2.05, 4.69) is 10.3 Å². The van der Waals surface area contributed by atoms with Gasteiger partial charge in [0, 0.05) is 28.5 Å². The van der Waals surface area contributed by atoms with Gasteiger partial charge in [-0.15, -0.1) is 0 Å². The number of rotatable bonds is 5. The summed E-state index contributed by atoms with van der Waals surface area (Å²) in [6.45, 7) is 5.48. The second-order valence-electron chi connectivity index (χ2n) is 9.35. The van der Waals surface area contributed by atoms with Gasteiger partial charge in [-0.25, -0.2) is 4.39 Å². The number of nitrogens with one attached hydrogen (secondary N) is 1. The molecule has 2 aromatic carbocycles. The van der Waals surface area contributed by atoms with Crippen molar-refractivity contribution in [3.05, 3.63) is 66.1 Å². The maximum atomic E-state index is 13.8. The third kappa shape index (κ3) is 4.94. The van der Waals surface area contributed by atoms with Crippen molar-refractivity contribution in [1.82, 2.24) is 4.98 Å². The van der Waals surface area contributed by atoms with Crippen LogP contribution in [0.25, 0.3) is 10.9 Å². The highest BCUT2D eigenvalue weighted by molar-refractivity contribution is 7.70. The van der Waals surface area contributed by atoms with Gasteiger partial charge in [-0.3, -0.25) is 9.78 Å². The number of carbonyl (C=O) groups excluding carboxylic acids is 1. The van der Waals surface area contributed by atoms with Crippen LogP contribution in [0.2, 0.25) is 0 Å². The van der Waals surface area contributed by atoms with Gasteiger partial charge < -0.3 is 9.88 Å². The number of pyridine rings is 1. The van der Waals surface area contributed by atoms with Gasteiger partial charge in [0.2, 0.25) is 5.91 Å². The maximum Gasteiger partial charge on any atom is 0.227 e. The van der Waals surface area contributed by atoms with Crippen molar-refractivity contribution in [2.45, 2.75) is 38.5 Å². The van der Waals surface area contributed by atoms with Crippen LogP contribution < -0.4 is 10.6 Å². The summed E-state index contributed by atoms with van der Waals surface area (Å²) < 4.78 is 26.0. The lowest BCUT2D eigenvalue weighted by molar-refractivity contribution is -0.121. The molecule has 1 amide bonds. The van der Waals surface area contributed by atoms with E-state index in [1.165, 1.54) is 6.07 Å². The van der Waals surface area contributed by atoms with E-state index in [0.29, 0.717) is 11.8 Å². The molecular weight excluding hydrogens is 422 g/mol. The second kappa shape index (κ2) is 9.15. The molecule has 0 saturated heterocycles. The fourth-order valence-corrected chi connectivity index (χ4v) is 5.67. The maximum absolute atomic E-state index is 13.8. The zero-order valence-corrected chi connectivity index (χ0v) is 19.7. The Hall–Kier alpha value is -2.52. The Morgan fingerprint density at radius 2 is 1.75 bits per heavy atom. The number of anilines is 1. The minimum Gasteiger partial charge on any atom is -0.326 e. The normalized spacial score (nSPS) is 20.1. The molecule has 4 nitrogen and oxygen atoms in total. The van der Waals surface area contributed by atoms with Gasteiger partial charge >= 0.3 is 0 Å². The van der Waals surface area contributed by atoms with E-state index in [0.717, 1.165) is 53.1 Å². The Bertz CT molecular complexity index is 1160. The molecule has 1 aliphatic carbocycles. The van der Waals surface area contributed by atoms with E-state index < -0.39 is 7.14 Å². The topological polar surface area (TPSA) is 59.1 Å². The molecule has 0 bridgehead atoms. The van der Waals surface area contributed by atoms with Crippen LogP contribution >= 0.6 is 7.14 Å². The summed E-state index contributed by atoms with van der Waals surface area (Å²) >= 11 is 0. The molecule has 1 aliphatic rings. The summed E-state index contributed by atoms with van der Waals surface area (Å²) in [5.41, 5.74) is 2.72. The summed E-state index contributed by atoms with van der Waals surface area (Å²) in [7, 11) is -2.30. The summed E-state index contributed by atoms with van der Waals surface area (Å²) in [5.74, 6) is 0.376. The van der Waals surface area contributed by atoms with Crippen LogP contribution in [0.15, 0.2) is 54.7 Å². The van der Waals surface area contributed by atoms with Crippen LogP contribution in [0.5, 0.6) is 0 Å². The van der Waals surface area contributed by atoms with Crippen LogP contribution in [-0.2, 0) is 9.36 Å². The lowest BCUT2D eigenvalue weighted by Crippen LogP contribution is -2.29. The first-order chi connectivity index (χ1) is 15.2. The van der Waals surface area contributed by atoms with Gasteiger partial charge in [0.05, 0.1) is 5.52 Å². The number of hydrogen-bond donors (Lipinski definition) is 1. The van der Waals surface area contributed by atoms with Gasteiger partial charge in [0.25, 0.3) is 0 Å². The summed E-state index contributed by atoms with van der Waals surface area (Å²) in [5, 5.41) is 4.72. The predicted octanol–water partition coefficient (Wildman–Crippen LogP) is 6.17. The fraction of sp³-hybridized carbons (Fsp3) is 0.385. The molecule has 6 heteroatoms. The standard InChI is InChI=1S/C26H30FN2O2P/c1-17(26(30)29-21-9-11-22(12-10-21)32(2,3)31)18-4-6-19(7-5-18)23-14-15-28-25-13-8-20(27)16-24(23)25/h8-19H,4-7H2,1-3H3,(H,29,30)/t17-,18?,19?/m0/s1. The zero-order valence-electron chi connectivity index (χ0n) is 18.8. The minimum absolute atomic E-state index is 0.0220. The molecule has 1 saturated carbocycles. The number of amides is 1. The number of aromatic nitrogens is 1. The van der Waals surface area contributed by atoms with E-state index >= 15 is 0 Å². The average molecular weight is 453 g/mol. The van der Waals surface area contributed by atoms with Crippen LogP contribution in [0, 0.1) is 17.7 Å². The molecule has 1 heterocycles. The first kappa shape index (κ1) is 22.7. The first-order valence-electron chi connectivity index (χ1n) is 11.2. The Morgan fingerprint density at radius 3 is 2.41 bits per heavy atom. The number of halogens is 1. The van der Waals surface area contributed by atoms with Crippen molar-refractivity contribution >= 4 is 34.9 Å². The molecule has 0 unspecified atom stereocenters. The molecule has 32 heavy (non-hydrogen) atoms. The van der Waals surface area contributed by atoms with Gasteiger partial charge in [-0.05, 0) is 105 Å². The highest BCUT2D eigenvalue weighted by Crippen LogP contribution is 2.41. The molecule has 0 aliphatic heterocycles. The quantitative estimate of drug-likeness (QED) is 0.471. The summed E-state index contributed by atoms with van der Waals surface area (Å²) in [6.07, 6.45) is 5.70. The fourth-order valence-electron chi connectivity index (χ4n) is 4.80.